The Morgan fingerprint density at radius 1 is 1.32 bits per heavy atom. The van der Waals surface area contributed by atoms with Crippen LogP contribution in [0.5, 0.6) is 0 Å². The van der Waals surface area contributed by atoms with E-state index in [4.69, 9.17) is 9.66 Å². The van der Waals surface area contributed by atoms with Gasteiger partial charge in [0.1, 0.15) is 0 Å². The molecular formula is C16H20N4O4S. The van der Waals surface area contributed by atoms with Crippen LogP contribution in [-0.4, -0.2) is 48.2 Å². The Balaban J connectivity index is 1.51. The standard InChI is InChI=1S/C16H20N4O4S/c17-25(22,23)11-12-8-9-20(10-12)15(21)7-6-14-18-16(19-24-14)13-4-2-1-3-5-13/h1-5,12H,6-11H2,(H2,17,22,23). The Labute approximate surface area is 146 Å². The molecule has 2 heterocycles. The molecule has 1 amide bonds. The molecule has 0 spiro atoms. The molecule has 1 fully saturated rings. The number of carbonyl (C=O) groups excluding carboxylic acids is 1. The normalized spacial score (nSPS) is 17.8. The highest BCUT2D eigenvalue weighted by Gasteiger charge is 2.28. The van der Waals surface area contributed by atoms with Gasteiger partial charge in [-0.1, -0.05) is 35.5 Å². The molecule has 1 aromatic carbocycles. The van der Waals surface area contributed by atoms with E-state index in [2.05, 4.69) is 10.1 Å². The van der Waals surface area contributed by atoms with E-state index >= 15 is 0 Å². The molecule has 8 nitrogen and oxygen atoms in total. The number of primary sulfonamides is 1. The molecule has 3 rings (SSSR count). The predicted octanol–water partition coefficient (Wildman–Crippen LogP) is 0.806. The number of rotatable bonds is 6. The summed E-state index contributed by atoms with van der Waals surface area (Å²) in [5.74, 6) is 0.689. The molecule has 9 heteroatoms. The first kappa shape index (κ1) is 17.6. The summed E-state index contributed by atoms with van der Waals surface area (Å²) in [6, 6.07) is 9.45. The summed E-state index contributed by atoms with van der Waals surface area (Å²) in [7, 11) is -3.51. The fraction of sp³-hybridized carbons (Fsp3) is 0.438. The average molecular weight is 364 g/mol. The van der Waals surface area contributed by atoms with Crippen LogP contribution in [0.2, 0.25) is 0 Å². The molecule has 2 aromatic rings. The summed E-state index contributed by atoms with van der Waals surface area (Å²) < 4.78 is 27.5. The van der Waals surface area contributed by atoms with Crippen LogP contribution in [0.25, 0.3) is 11.4 Å². The number of likely N-dealkylation sites (tertiary alicyclic amines) is 1. The van der Waals surface area contributed by atoms with Crippen molar-refractivity contribution in [3.63, 3.8) is 0 Å². The van der Waals surface area contributed by atoms with E-state index in [1.165, 1.54) is 0 Å². The van der Waals surface area contributed by atoms with Gasteiger partial charge in [-0.3, -0.25) is 4.79 Å². The summed E-state index contributed by atoms with van der Waals surface area (Å²) in [4.78, 5) is 18.2. The van der Waals surface area contributed by atoms with Crippen molar-refractivity contribution in [2.75, 3.05) is 18.8 Å². The van der Waals surface area contributed by atoms with Crippen LogP contribution in [0.15, 0.2) is 34.9 Å². The summed E-state index contributed by atoms with van der Waals surface area (Å²) in [5, 5.41) is 8.99. The number of benzene rings is 1. The van der Waals surface area contributed by atoms with Gasteiger partial charge in [-0.05, 0) is 12.3 Å². The third kappa shape index (κ3) is 4.86. The zero-order valence-electron chi connectivity index (χ0n) is 13.7. The molecule has 0 bridgehead atoms. The lowest BCUT2D eigenvalue weighted by Gasteiger charge is -2.15. The number of carbonyl (C=O) groups is 1. The maximum absolute atomic E-state index is 12.3. The molecular weight excluding hydrogens is 344 g/mol. The molecule has 1 aliphatic rings. The molecule has 0 radical (unpaired) electrons. The lowest BCUT2D eigenvalue weighted by Crippen LogP contribution is -2.31. The molecule has 25 heavy (non-hydrogen) atoms. The van der Waals surface area contributed by atoms with E-state index in [1.54, 1.807) is 4.90 Å². The summed E-state index contributed by atoms with van der Waals surface area (Å²) in [5.41, 5.74) is 0.856. The Morgan fingerprint density at radius 2 is 2.08 bits per heavy atom. The van der Waals surface area contributed by atoms with Crippen LogP contribution in [0, 0.1) is 5.92 Å². The minimum atomic E-state index is -3.51. The zero-order valence-corrected chi connectivity index (χ0v) is 14.5. The molecule has 1 aliphatic heterocycles. The van der Waals surface area contributed by atoms with Crippen LogP contribution in [0.4, 0.5) is 0 Å². The number of amides is 1. The summed E-state index contributed by atoms with van der Waals surface area (Å²) in [6.07, 6.45) is 1.26. The minimum absolute atomic E-state index is 0.0450. The Morgan fingerprint density at radius 3 is 2.80 bits per heavy atom. The van der Waals surface area contributed by atoms with E-state index in [9.17, 15) is 13.2 Å². The SMILES string of the molecule is NS(=O)(=O)CC1CCN(C(=O)CCc2nc(-c3ccccc3)no2)C1. The van der Waals surface area contributed by atoms with Crippen LogP contribution in [-0.2, 0) is 21.2 Å². The fourth-order valence-corrected chi connectivity index (χ4v) is 3.89. The highest BCUT2D eigenvalue weighted by Crippen LogP contribution is 2.19. The highest BCUT2D eigenvalue weighted by molar-refractivity contribution is 7.89. The number of nitrogens with zero attached hydrogens (tertiary/aromatic N) is 3. The topological polar surface area (TPSA) is 119 Å². The van der Waals surface area contributed by atoms with E-state index in [-0.39, 0.29) is 24.0 Å². The van der Waals surface area contributed by atoms with Gasteiger partial charge in [0.05, 0.1) is 5.75 Å². The van der Waals surface area contributed by atoms with Crippen LogP contribution in [0.1, 0.15) is 18.7 Å². The lowest BCUT2D eigenvalue weighted by molar-refractivity contribution is -0.130. The predicted molar refractivity (Wildman–Crippen MR) is 90.7 cm³/mol. The maximum atomic E-state index is 12.3. The molecule has 134 valence electrons. The van der Waals surface area contributed by atoms with Crippen molar-refractivity contribution < 1.29 is 17.7 Å². The van der Waals surface area contributed by atoms with Crippen molar-refractivity contribution in [1.29, 1.82) is 0 Å². The second kappa shape index (κ2) is 7.32. The molecule has 2 N–H and O–H groups in total. The fourth-order valence-electron chi connectivity index (χ4n) is 2.96. The number of nitrogens with two attached hydrogens (primary N) is 1. The largest absolute Gasteiger partial charge is 0.342 e. The van der Waals surface area contributed by atoms with Gasteiger partial charge in [0.2, 0.25) is 27.6 Å². The third-order valence-electron chi connectivity index (χ3n) is 4.16. The van der Waals surface area contributed by atoms with Crippen molar-refractivity contribution in [2.45, 2.75) is 19.3 Å². The zero-order chi connectivity index (χ0) is 17.9. The first-order chi connectivity index (χ1) is 11.9. The molecule has 0 saturated carbocycles. The summed E-state index contributed by atoms with van der Waals surface area (Å²) >= 11 is 0. The van der Waals surface area contributed by atoms with Crippen molar-refractivity contribution >= 4 is 15.9 Å². The van der Waals surface area contributed by atoms with Crippen molar-refractivity contribution in [1.82, 2.24) is 15.0 Å². The Bertz CT molecular complexity index is 835. The third-order valence-corrected chi connectivity index (χ3v) is 5.10. The van der Waals surface area contributed by atoms with Gasteiger partial charge in [0.15, 0.2) is 0 Å². The monoisotopic (exact) mass is 364 g/mol. The summed E-state index contributed by atoms with van der Waals surface area (Å²) in [6.45, 7) is 0.979. The Kier molecular flexibility index (Phi) is 5.14. The number of hydrogen-bond acceptors (Lipinski definition) is 6. The van der Waals surface area contributed by atoms with Gasteiger partial charge in [-0.15, -0.1) is 0 Å². The van der Waals surface area contributed by atoms with Gasteiger partial charge < -0.3 is 9.42 Å². The molecule has 1 unspecified atom stereocenters. The van der Waals surface area contributed by atoms with Gasteiger partial charge in [0.25, 0.3) is 0 Å². The molecule has 1 atom stereocenters. The second-order valence-electron chi connectivity index (χ2n) is 6.20. The van der Waals surface area contributed by atoms with Crippen LogP contribution < -0.4 is 5.14 Å². The number of sulfonamides is 1. The molecule has 0 aliphatic carbocycles. The number of aryl methyl sites for hydroxylation is 1. The number of hydrogen-bond donors (Lipinski definition) is 1. The second-order valence-corrected chi connectivity index (χ2v) is 7.86. The molecule has 1 saturated heterocycles. The lowest BCUT2D eigenvalue weighted by atomic mass is 10.2. The maximum Gasteiger partial charge on any atom is 0.227 e. The van der Waals surface area contributed by atoms with Gasteiger partial charge >= 0.3 is 0 Å². The van der Waals surface area contributed by atoms with E-state index < -0.39 is 10.0 Å². The molecule has 1 aromatic heterocycles. The van der Waals surface area contributed by atoms with Crippen molar-refractivity contribution in [3.8, 4) is 11.4 Å². The van der Waals surface area contributed by atoms with Crippen LogP contribution >= 0.6 is 0 Å². The van der Waals surface area contributed by atoms with Crippen LogP contribution in [0.3, 0.4) is 0 Å². The quantitative estimate of drug-likeness (QED) is 0.810. The number of aromatic nitrogens is 2. The average Bonchev–Trinajstić information content (AvgIpc) is 3.21. The smallest absolute Gasteiger partial charge is 0.227 e. The van der Waals surface area contributed by atoms with Gasteiger partial charge in [0, 0.05) is 31.5 Å². The highest BCUT2D eigenvalue weighted by atomic mass is 32.2. The van der Waals surface area contributed by atoms with E-state index in [0.717, 1.165) is 5.56 Å². The van der Waals surface area contributed by atoms with Crippen molar-refractivity contribution in [2.24, 2.45) is 11.1 Å². The Hall–Kier alpha value is -2.26. The first-order valence-electron chi connectivity index (χ1n) is 8.07. The van der Waals surface area contributed by atoms with E-state index in [0.29, 0.717) is 37.6 Å². The van der Waals surface area contributed by atoms with Crippen molar-refractivity contribution in [3.05, 3.63) is 36.2 Å². The van der Waals surface area contributed by atoms with E-state index in [1.807, 2.05) is 30.3 Å². The van der Waals surface area contributed by atoms with Gasteiger partial charge in [-0.25, -0.2) is 13.6 Å². The van der Waals surface area contributed by atoms with Gasteiger partial charge in [-0.2, -0.15) is 4.98 Å². The minimum Gasteiger partial charge on any atom is -0.342 e. The first-order valence-corrected chi connectivity index (χ1v) is 9.78.